The van der Waals surface area contributed by atoms with Crippen LogP contribution >= 0.6 is 0 Å². The highest BCUT2D eigenvalue weighted by Crippen LogP contribution is 2.23. The third-order valence-electron chi connectivity index (χ3n) is 3.44. The van der Waals surface area contributed by atoms with E-state index >= 15 is 0 Å². The van der Waals surface area contributed by atoms with Crippen molar-refractivity contribution < 1.29 is 14.6 Å². The summed E-state index contributed by atoms with van der Waals surface area (Å²) in [5.41, 5.74) is 5.80. The molecule has 0 spiro atoms. The van der Waals surface area contributed by atoms with Crippen molar-refractivity contribution in [2.45, 2.75) is 0 Å². The number of morpholine rings is 1. The topological polar surface area (TPSA) is 126 Å². The molecule has 2 aromatic rings. The highest BCUT2D eigenvalue weighted by molar-refractivity contribution is 5.78. The molecule has 24 heavy (non-hydrogen) atoms. The number of primary amides is 1. The van der Waals surface area contributed by atoms with Crippen LogP contribution in [0.4, 0.5) is 11.9 Å². The van der Waals surface area contributed by atoms with Crippen LogP contribution in [0.5, 0.6) is 5.75 Å². The molecule has 1 aliphatic rings. The molecule has 1 aromatic carbocycles. The van der Waals surface area contributed by atoms with E-state index in [-0.39, 0.29) is 18.2 Å². The van der Waals surface area contributed by atoms with E-state index in [4.69, 9.17) is 10.5 Å². The number of benzene rings is 1. The molecular formula is C15H18N6O3. The first-order valence-electron chi connectivity index (χ1n) is 7.52. The van der Waals surface area contributed by atoms with Gasteiger partial charge in [0.1, 0.15) is 5.75 Å². The minimum Gasteiger partial charge on any atom is -0.508 e. The number of phenols is 1. The lowest BCUT2D eigenvalue weighted by molar-refractivity contribution is -0.116. The molecule has 1 aromatic heterocycles. The van der Waals surface area contributed by atoms with Gasteiger partial charge in [-0.3, -0.25) is 4.79 Å². The first-order valence-corrected chi connectivity index (χ1v) is 7.52. The summed E-state index contributed by atoms with van der Waals surface area (Å²) in [4.78, 5) is 26.1. The molecular weight excluding hydrogens is 312 g/mol. The van der Waals surface area contributed by atoms with Gasteiger partial charge in [-0.05, 0) is 12.1 Å². The fourth-order valence-corrected chi connectivity index (χ4v) is 2.29. The number of nitrogens with zero attached hydrogens (tertiary/aromatic N) is 4. The van der Waals surface area contributed by atoms with Crippen molar-refractivity contribution in [1.82, 2.24) is 15.0 Å². The number of ether oxygens (including phenoxy) is 1. The van der Waals surface area contributed by atoms with Crippen LogP contribution in [0.3, 0.4) is 0 Å². The first kappa shape index (κ1) is 15.9. The number of nitrogens with one attached hydrogen (secondary N) is 1. The second-order valence-electron chi connectivity index (χ2n) is 5.25. The second kappa shape index (κ2) is 7.09. The lowest BCUT2D eigenvalue weighted by Crippen LogP contribution is -2.37. The molecule has 0 unspecified atom stereocenters. The molecule has 2 heterocycles. The Balaban J connectivity index is 1.96. The summed E-state index contributed by atoms with van der Waals surface area (Å²) in [5.74, 6) is 0.742. The molecule has 0 radical (unpaired) electrons. The molecule has 1 amide bonds. The number of carbonyl (C=O) groups is 1. The van der Waals surface area contributed by atoms with Crippen LogP contribution in [0.1, 0.15) is 0 Å². The smallest absolute Gasteiger partial charge is 0.236 e. The molecule has 9 heteroatoms. The summed E-state index contributed by atoms with van der Waals surface area (Å²) in [5, 5.41) is 12.5. The van der Waals surface area contributed by atoms with Crippen LogP contribution in [0.2, 0.25) is 0 Å². The van der Waals surface area contributed by atoms with Crippen LogP contribution < -0.4 is 16.0 Å². The highest BCUT2D eigenvalue weighted by Gasteiger charge is 2.17. The summed E-state index contributed by atoms with van der Waals surface area (Å²) in [6.45, 7) is 2.44. The molecule has 3 rings (SSSR count). The van der Waals surface area contributed by atoms with Crippen LogP contribution in [-0.2, 0) is 9.53 Å². The molecule has 9 nitrogen and oxygen atoms in total. The third kappa shape index (κ3) is 3.87. The van der Waals surface area contributed by atoms with Crippen molar-refractivity contribution in [1.29, 1.82) is 0 Å². The number of rotatable bonds is 5. The monoisotopic (exact) mass is 330 g/mol. The average molecular weight is 330 g/mol. The Morgan fingerprint density at radius 1 is 1.29 bits per heavy atom. The molecule has 4 N–H and O–H groups in total. The van der Waals surface area contributed by atoms with E-state index in [0.29, 0.717) is 43.6 Å². The van der Waals surface area contributed by atoms with Crippen LogP contribution in [0.25, 0.3) is 11.4 Å². The predicted molar refractivity (Wildman–Crippen MR) is 87.6 cm³/mol. The number of hydrogen-bond donors (Lipinski definition) is 3. The summed E-state index contributed by atoms with van der Waals surface area (Å²) in [6, 6.07) is 6.63. The number of anilines is 2. The Morgan fingerprint density at radius 3 is 2.79 bits per heavy atom. The zero-order chi connectivity index (χ0) is 16.9. The van der Waals surface area contributed by atoms with Crippen LogP contribution in [0.15, 0.2) is 24.3 Å². The van der Waals surface area contributed by atoms with Crippen molar-refractivity contribution in [3.63, 3.8) is 0 Å². The number of phenolic OH excluding ortho intramolecular Hbond substituents is 1. The van der Waals surface area contributed by atoms with E-state index in [1.165, 1.54) is 0 Å². The number of carbonyl (C=O) groups excluding carboxylic acids is 1. The molecule has 1 fully saturated rings. The van der Waals surface area contributed by atoms with Gasteiger partial charge in [-0.15, -0.1) is 0 Å². The fraction of sp³-hybridized carbons (Fsp3) is 0.333. The maximum atomic E-state index is 11.0. The zero-order valence-corrected chi connectivity index (χ0v) is 13.0. The second-order valence-corrected chi connectivity index (χ2v) is 5.25. The Labute approximate surface area is 138 Å². The minimum atomic E-state index is -0.512. The van der Waals surface area contributed by atoms with Crippen LogP contribution in [0, 0.1) is 0 Å². The SMILES string of the molecule is NC(=O)CNc1nc(-c2cccc(O)c2)nc(N2CCOCC2)n1. The van der Waals surface area contributed by atoms with Gasteiger partial charge < -0.3 is 25.8 Å². The Hall–Kier alpha value is -2.94. The van der Waals surface area contributed by atoms with Gasteiger partial charge in [0.15, 0.2) is 5.82 Å². The van der Waals surface area contributed by atoms with E-state index in [1.807, 2.05) is 4.90 Å². The van der Waals surface area contributed by atoms with Crippen molar-refractivity contribution in [3.05, 3.63) is 24.3 Å². The number of nitrogens with two attached hydrogens (primary N) is 1. The van der Waals surface area contributed by atoms with E-state index in [0.717, 1.165) is 0 Å². The number of aromatic hydroxyl groups is 1. The number of hydrogen-bond acceptors (Lipinski definition) is 8. The third-order valence-corrected chi connectivity index (χ3v) is 3.44. The van der Waals surface area contributed by atoms with E-state index < -0.39 is 5.91 Å². The van der Waals surface area contributed by atoms with Gasteiger partial charge in [0.05, 0.1) is 19.8 Å². The maximum absolute atomic E-state index is 11.0. The van der Waals surface area contributed by atoms with Gasteiger partial charge in [-0.25, -0.2) is 0 Å². The summed E-state index contributed by atoms with van der Waals surface area (Å²) >= 11 is 0. The van der Waals surface area contributed by atoms with Gasteiger partial charge >= 0.3 is 0 Å². The fourth-order valence-electron chi connectivity index (χ4n) is 2.29. The standard InChI is InChI=1S/C15H18N6O3/c16-12(23)9-17-14-18-13(10-2-1-3-11(22)8-10)19-15(20-14)21-4-6-24-7-5-21/h1-3,8,22H,4-7,9H2,(H2,16,23)(H,17,18,19,20). The van der Waals surface area contributed by atoms with Gasteiger partial charge in [0.2, 0.25) is 17.8 Å². The molecule has 0 bridgehead atoms. The van der Waals surface area contributed by atoms with Gasteiger partial charge in [0, 0.05) is 18.7 Å². The Kier molecular flexibility index (Phi) is 4.71. The van der Waals surface area contributed by atoms with E-state index in [9.17, 15) is 9.90 Å². The number of amides is 1. The summed E-state index contributed by atoms with van der Waals surface area (Å²) in [6.07, 6.45) is 0. The molecule has 0 atom stereocenters. The van der Waals surface area contributed by atoms with Crippen molar-refractivity contribution >= 4 is 17.8 Å². The van der Waals surface area contributed by atoms with Crippen LogP contribution in [-0.4, -0.2) is 58.8 Å². The largest absolute Gasteiger partial charge is 0.508 e. The van der Waals surface area contributed by atoms with Gasteiger partial charge in [0.25, 0.3) is 0 Å². The van der Waals surface area contributed by atoms with Crippen molar-refractivity contribution in [3.8, 4) is 17.1 Å². The van der Waals surface area contributed by atoms with E-state index in [1.54, 1.807) is 24.3 Å². The Morgan fingerprint density at radius 2 is 2.08 bits per heavy atom. The lowest BCUT2D eigenvalue weighted by Gasteiger charge is -2.27. The highest BCUT2D eigenvalue weighted by atomic mass is 16.5. The predicted octanol–water partition coefficient (Wildman–Crippen LogP) is -0.0220. The molecule has 1 aliphatic heterocycles. The van der Waals surface area contributed by atoms with Gasteiger partial charge in [-0.1, -0.05) is 12.1 Å². The first-order chi connectivity index (χ1) is 11.6. The quantitative estimate of drug-likeness (QED) is 0.698. The van der Waals surface area contributed by atoms with E-state index in [2.05, 4.69) is 20.3 Å². The normalized spacial score (nSPS) is 14.4. The Bertz CT molecular complexity index is 733. The van der Waals surface area contributed by atoms with Gasteiger partial charge in [-0.2, -0.15) is 15.0 Å². The van der Waals surface area contributed by atoms with Crippen molar-refractivity contribution in [2.24, 2.45) is 5.73 Å². The van der Waals surface area contributed by atoms with Crippen molar-refractivity contribution in [2.75, 3.05) is 43.1 Å². The zero-order valence-electron chi connectivity index (χ0n) is 13.0. The maximum Gasteiger partial charge on any atom is 0.236 e. The molecule has 1 saturated heterocycles. The summed E-state index contributed by atoms with van der Waals surface area (Å²) < 4.78 is 5.34. The lowest BCUT2D eigenvalue weighted by atomic mass is 10.2. The minimum absolute atomic E-state index is 0.0773. The molecule has 126 valence electrons. The average Bonchev–Trinajstić information content (AvgIpc) is 2.60. The summed E-state index contributed by atoms with van der Waals surface area (Å²) in [7, 11) is 0. The molecule has 0 saturated carbocycles. The number of aromatic nitrogens is 3. The molecule has 0 aliphatic carbocycles.